The number of aliphatic hydroxyl groups is 1. The molecule has 1 aliphatic rings. The van der Waals surface area contributed by atoms with Gasteiger partial charge in [-0.3, -0.25) is 4.79 Å². The Hall–Kier alpha value is -0.220. The largest absolute Gasteiger partial charge is 0.481 e. The van der Waals surface area contributed by atoms with Crippen molar-refractivity contribution in [3.05, 3.63) is 0 Å². The van der Waals surface area contributed by atoms with Crippen molar-refractivity contribution < 1.29 is 15.0 Å². The number of aliphatic hydroxyl groups excluding tert-OH is 1. The summed E-state index contributed by atoms with van der Waals surface area (Å²) in [4.78, 5) is 11.1. The molecular formula is C12H22O3S. The van der Waals surface area contributed by atoms with Gasteiger partial charge in [-0.1, -0.05) is 13.8 Å². The summed E-state index contributed by atoms with van der Waals surface area (Å²) in [7, 11) is 0. The first-order chi connectivity index (χ1) is 7.54. The fourth-order valence-corrected chi connectivity index (χ4v) is 3.77. The van der Waals surface area contributed by atoms with Crippen LogP contribution in [0.5, 0.6) is 0 Å². The van der Waals surface area contributed by atoms with Gasteiger partial charge in [0.25, 0.3) is 0 Å². The Labute approximate surface area is 102 Å². The molecule has 4 atom stereocenters. The maximum atomic E-state index is 11.1. The van der Waals surface area contributed by atoms with E-state index in [9.17, 15) is 4.79 Å². The normalized spacial score (nSPS) is 32.3. The lowest BCUT2D eigenvalue weighted by Gasteiger charge is -2.32. The van der Waals surface area contributed by atoms with E-state index >= 15 is 0 Å². The Morgan fingerprint density at radius 1 is 1.50 bits per heavy atom. The molecule has 0 amide bonds. The van der Waals surface area contributed by atoms with Crippen LogP contribution in [0.3, 0.4) is 0 Å². The van der Waals surface area contributed by atoms with Gasteiger partial charge in [-0.05, 0) is 36.9 Å². The second kappa shape index (κ2) is 6.50. The number of hydrogen-bond donors (Lipinski definition) is 2. The second-order valence-corrected chi connectivity index (χ2v) is 6.29. The van der Waals surface area contributed by atoms with Crippen molar-refractivity contribution in [1.29, 1.82) is 0 Å². The smallest absolute Gasteiger partial charge is 0.307 e. The van der Waals surface area contributed by atoms with Crippen LogP contribution in [-0.4, -0.2) is 33.8 Å². The van der Waals surface area contributed by atoms with Gasteiger partial charge in [-0.15, -0.1) is 0 Å². The van der Waals surface area contributed by atoms with Crippen molar-refractivity contribution in [2.45, 2.75) is 38.4 Å². The van der Waals surface area contributed by atoms with Gasteiger partial charge in [0.1, 0.15) is 0 Å². The van der Waals surface area contributed by atoms with Crippen LogP contribution in [0.4, 0.5) is 0 Å². The molecule has 0 spiro atoms. The predicted octanol–water partition coefficient (Wildman–Crippen LogP) is 2.24. The van der Waals surface area contributed by atoms with Gasteiger partial charge in [-0.25, -0.2) is 0 Å². The number of carboxylic acids is 1. The lowest BCUT2D eigenvalue weighted by Crippen LogP contribution is -2.32. The van der Waals surface area contributed by atoms with Gasteiger partial charge in [0.05, 0.1) is 5.92 Å². The molecule has 2 N–H and O–H groups in total. The summed E-state index contributed by atoms with van der Waals surface area (Å²) < 4.78 is 0. The van der Waals surface area contributed by atoms with E-state index in [4.69, 9.17) is 10.2 Å². The number of carboxylic acid groups (broad SMARTS) is 1. The molecule has 1 rings (SSSR count). The zero-order valence-electron chi connectivity index (χ0n) is 10.1. The van der Waals surface area contributed by atoms with Gasteiger partial charge in [0.2, 0.25) is 0 Å². The Kier molecular flexibility index (Phi) is 5.62. The highest BCUT2D eigenvalue weighted by atomic mass is 32.2. The van der Waals surface area contributed by atoms with Crippen molar-refractivity contribution in [1.82, 2.24) is 0 Å². The molecule has 1 aliphatic carbocycles. The van der Waals surface area contributed by atoms with Gasteiger partial charge >= 0.3 is 5.97 Å². The van der Waals surface area contributed by atoms with Crippen LogP contribution in [0.25, 0.3) is 0 Å². The van der Waals surface area contributed by atoms with Crippen LogP contribution < -0.4 is 0 Å². The van der Waals surface area contributed by atoms with Crippen LogP contribution in [0.15, 0.2) is 0 Å². The molecule has 94 valence electrons. The summed E-state index contributed by atoms with van der Waals surface area (Å²) in [5, 5.41) is 18.3. The van der Waals surface area contributed by atoms with E-state index in [1.807, 2.05) is 6.92 Å². The second-order valence-electron chi connectivity index (χ2n) is 5.02. The number of rotatable bonds is 5. The van der Waals surface area contributed by atoms with Crippen molar-refractivity contribution >= 4 is 17.7 Å². The lowest BCUT2D eigenvalue weighted by atomic mass is 9.82. The van der Waals surface area contributed by atoms with Gasteiger partial charge in [0, 0.05) is 11.9 Å². The maximum absolute atomic E-state index is 11.1. The molecule has 0 aromatic carbocycles. The Balaban J connectivity index is 2.47. The fraction of sp³-hybridized carbons (Fsp3) is 0.917. The highest BCUT2D eigenvalue weighted by Gasteiger charge is 2.33. The van der Waals surface area contributed by atoms with Crippen molar-refractivity contribution in [3.63, 3.8) is 0 Å². The molecule has 4 unspecified atom stereocenters. The highest BCUT2D eigenvalue weighted by Crippen LogP contribution is 2.37. The van der Waals surface area contributed by atoms with Gasteiger partial charge in [-0.2, -0.15) is 11.8 Å². The molecule has 0 bridgehead atoms. The first-order valence-electron chi connectivity index (χ1n) is 5.99. The minimum absolute atomic E-state index is 0.188. The predicted molar refractivity (Wildman–Crippen MR) is 66.6 cm³/mol. The Morgan fingerprint density at radius 2 is 2.19 bits per heavy atom. The van der Waals surface area contributed by atoms with Gasteiger partial charge in [0.15, 0.2) is 0 Å². The number of thioether (sulfide) groups is 1. The number of aliphatic carboxylic acids is 1. The summed E-state index contributed by atoms with van der Waals surface area (Å²) >= 11 is 1.73. The summed E-state index contributed by atoms with van der Waals surface area (Å²) in [5.41, 5.74) is 0. The maximum Gasteiger partial charge on any atom is 0.307 e. The van der Waals surface area contributed by atoms with Crippen molar-refractivity contribution in [3.8, 4) is 0 Å². The van der Waals surface area contributed by atoms with Gasteiger partial charge < -0.3 is 10.2 Å². The summed E-state index contributed by atoms with van der Waals surface area (Å²) in [6.45, 7) is 4.38. The summed E-state index contributed by atoms with van der Waals surface area (Å²) in [5.74, 6) is 0.917. The molecule has 0 aromatic rings. The third kappa shape index (κ3) is 3.98. The molecule has 1 saturated carbocycles. The average molecular weight is 246 g/mol. The van der Waals surface area contributed by atoms with E-state index in [2.05, 4.69) is 6.92 Å². The topological polar surface area (TPSA) is 57.5 Å². The SMILES string of the molecule is CC(CO)CSC1CC(C)CCC1C(=O)O. The molecular weight excluding hydrogens is 224 g/mol. The molecule has 0 aromatic heterocycles. The van der Waals surface area contributed by atoms with E-state index in [0.29, 0.717) is 5.92 Å². The molecule has 0 saturated heterocycles. The van der Waals surface area contributed by atoms with Crippen LogP contribution in [0, 0.1) is 17.8 Å². The number of hydrogen-bond acceptors (Lipinski definition) is 3. The van der Waals surface area contributed by atoms with E-state index in [-0.39, 0.29) is 23.7 Å². The highest BCUT2D eigenvalue weighted by molar-refractivity contribution is 7.99. The molecule has 4 heteroatoms. The minimum Gasteiger partial charge on any atom is -0.481 e. The number of carbonyl (C=O) groups is 1. The molecule has 0 radical (unpaired) electrons. The zero-order chi connectivity index (χ0) is 12.1. The van der Waals surface area contributed by atoms with E-state index in [0.717, 1.165) is 25.0 Å². The molecule has 3 nitrogen and oxygen atoms in total. The Bertz CT molecular complexity index is 232. The zero-order valence-corrected chi connectivity index (χ0v) is 10.9. The molecule has 16 heavy (non-hydrogen) atoms. The summed E-state index contributed by atoms with van der Waals surface area (Å²) in [6.07, 6.45) is 2.84. The van der Waals surface area contributed by atoms with Crippen LogP contribution in [-0.2, 0) is 4.79 Å². The third-order valence-corrected chi connectivity index (χ3v) is 4.99. The van der Waals surface area contributed by atoms with Crippen molar-refractivity contribution in [2.24, 2.45) is 17.8 Å². The lowest BCUT2D eigenvalue weighted by molar-refractivity contribution is -0.142. The first kappa shape index (κ1) is 13.8. The van der Waals surface area contributed by atoms with E-state index in [1.165, 1.54) is 0 Å². The van der Waals surface area contributed by atoms with Crippen molar-refractivity contribution in [2.75, 3.05) is 12.4 Å². The Morgan fingerprint density at radius 3 is 2.75 bits per heavy atom. The van der Waals surface area contributed by atoms with E-state index < -0.39 is 5.97 Å². The molecule has 0 aliphatic heterocycles. The quantitative estimate of drug-likeness (QED) is 0.781. The monoisotopic (exact) mass is 246 g/mol. The van der Waals surface area contributed by atoms with E-state index in [1.54, 1.807) is 11.8 Å². The third-order valence-electron chi connectivity index (χ3n) is 3.28. The fourth-order valence-electron chi connectivity index (χ4n) is 2.14. The average Bonchev–Trinajstić information content (AvgIpc) is 2.25. The summed E-state index contributed by atoms with van der Waals surface area (Å²) in [6, 6.07) is 0. The van der Waals surface area contributed by atoms with Crippen LogP contribution in [0.2, 0.25) is 0 Å². The van der Waals surface area contributed by atoms with Crippen LogP contribution >= 0.6 is 11.8 Å². The molecule has 1 fully saturated rings. The first-order valence-corrected chi connectivity index (χ1v) is 7.04. The minimum atomic E-state index is -0.652. The van der Waals surface area contributed by atoms with Crippen LogP contribution in [0.1, 0.15) is 33.1 Å². The standard InChI is InChI=1S/C12H22O3S/c1-8-3-4-10(12(14)15)11(5-8)16-7-9(2)6-13/h8-11,13H,3-7H2,1-2H3,(H,14,15). The molecule has 0 heterocycles.